The molecule has 31 heavy (non-hydrogen) atoms. The molecule has 1 aliphatic rings. The minimum Gasteiger partial charge on any atom is -0.355 e. The summed E-state index contributed by atoms with van der Waals surface area (Å²) in [6.45, 7) is 1.87. The number of Topliss-reactive ketones (excluding diaryl/α,β-unsaturated/α-hetero) is 1. The van der Waals surface area contributed by atoms with Crippen molar-refractivity contribution >= 4 is 11.7 Å². The first-order valence-corrected chi connectivity index (χ1v) is 10.1. The zero-order valence-electron chi connectivity index (χ0n) is 17.5. The average molecular weight is 419 g/mol. The van der Waals surface area contributed by atoms with Gasteiger partial charge in [-0.15, -0.1) is 10.2 Å². The maximum atomic E-state index is 12.3. The van der Waals surface area contributed by atoms with E-state index in [1.54, 1.807) is 19.2 Å². The number of nitrogens with one attached hydrogen (secondary N) is 2. The van der Waals surface area contributed by atoms with E-state index in [0.717, 1.165) is 22.3 Å². The molecule has 2 atom stereocenters. The molecule has 160 valence electrons. The molecule has 1 heterocycles. The molecule has 1 aromatic heterocycles. The predicted molar refractivity (Wildman–Crippen MR) is 115 cm³/mol. The van der Waals surface area contributed by atoms with Gasteiger partial charge in [0.15, 0.2) is 11.6 Å². The quantitative estimate of drug-likeness (QED) is 0.429. The molecule has 0 fully saturated rings. The molecule has 6 N–H and O–H groups in total. The number of aromatic nitrogens is 4. The summed E-state index contributed by atoms with van der Waals surface area (Å²) >= 11 is 0. The smallest absolute Gasteiger partial charge is 0.251 e. The number of ketones is 1. The molecule has 3 aromatic rings. The summed E-state index contributed by atoms with van der Waals surface area (Å²) in [5, 5.41) is 17.7. The number of hydrogen-bond donors (Lipinski definition) is 4. The Balaban J connectivity index is 2.02. The van der Waals surface area contributed by atoms with E-state index < -0.39 is 5.41 Å². The van der Waals surface area contributed by atoms with Crippen LogP contribution in [0.5, 0.6) is 0 Å². The minimum absolute atomic E-state index is 0.0635. The van der Waals surface area contributed by atoms with Gasteiger partial charge in [-0.1, -0.05) is 23.4 Å². The molecule has 4 rings (SSSR count). The standard InChI is InChI=1S/C22H25N7O2/c1-12(24)10-22(21-26-28-29-27-21)17-5-3-13(19(30)11-23)7-15(17)9-16-8-14(20(31)25-2)4-6-18(16)22/h3-8,12H,9-11,23-24H2,1-2H3,(H,25,31)(H,26,27,28,29)/t12-,22?/m0/s1. The second-order valence-corrected chi connectivity index (χ2v) is 7.95. The lowest BCUT2D eigenvalue weighted by Crippen LogP contribution is -2.41. The minimum atomic E-state index is -0.768. The molecule has 0 spiro atoms. The van der Waals surface area contributed by atoms with Crippen molar-refractivity contribution in [3.05, 3.63) is 75.6 Å². The molecule has 9 heteroatoms. The number of fused-ring (bicyclic) bond motifs is 2. The molecule has 2 aromatic carbocycles. The molecular formula is C22H25N7O2. The summed E-state index contributed by atoms with van der Waals surface area (Å²) in [7, 11) is 1.60. The Morgan fingerprint density at radius 1 is 1.16 bits per heavy atom. The van der Waals surface area contributed by atoms with Gasteiger partial charge in [-0.2, -0.15) is 5.21 Å². The van der Waals surface area contributed by atoms with Crippen LogP contribution in [0.3, 0.4) is 0 Å². The third-order valence-electron chi connectivity index (χ3n) is 5.86. The van der Waals surface area contributed by atoms with E-state index in [0.29, 0.717) is 29.8 Å². The SMILES string of the molecule is CNC(=O)c1ccc2c(c1)Cc1cc(C(=O)CN)ccc1C2(C[C@H](C)N)c1nn[nH]n1. The van der Waals surface area contributed by atoms with Gasteiger partial charge in [-0.3, -0.25) is 9.59 Å². The number of H-pyrrole nitrogens is 1. The monoisotopic (exact) mass is 419 g/mol. The van der Waals surface area contributed by atoms with E-state index in [1.807, 2.05) is 31.2 Å². The van der Waals surface area contributed by atoms with Crippen molar-refractivity contribution in [2.24, 2.45) is 11.5 Å². The first kappa shape index (κ1) is 20.8. The molecule has 0 saturated carbocycles. The molecule has 0 aliphatic heterocycles. The zero-order chi connectivity index (χ0) is 22.2. The highest BCUT2D eigenvalue weighted by Gasteiger charge is 2.46. The van der Waals surface area contributed by atoms with Crippen molar-refractivity contribution in [1.82, 2.24) is 25.9 Å². The summed E-state index contributed by atoms with van der Waals surface area (Å²) in [5.74, 6) is 0.195. The van der Waals surface area contributed by atoms with Crippen molar-refractivity contribution in [3.63, 3.8) is 0 Å². The lowest BCUT2D eigenvalue weighted by atomic mass is 9.63. The molecule has 0 radical (unpaired) electrons. The number of nitrogens with zero attached hydrogens (tertiary/aromatic N) is 3. The molecule has 1 unspecified atom stereocenters. The van der Waals surface area contributed by atoms with E-state index in [9.17, 15) is 9.59 Å². The Morgan fingerprint density at radius 2 is 1.81 bits per heavy atom. The number of carbonyl (C=O) groups is 2. The number of amides is 1. The van der Waals surface area contributed by atoms with Gasteiger partial charge < -0.3 is 16.8 Å². The van der Waals surface area contributed by atoms with Crippen LogP contribution in [-0.2, 0) is 11.8 Å². The van der Waals surface area contributed by atoms with Crippen LogP contribution in [0.1, 0.15) is 62.1 Å². The Morgan fingerprint density at radius 3 is 2.35 bits per heavy atom. The number of carbonyl (C=O) groups excluding carboxylic acids is 2. The van der Waals surface area contributed by atoms with Gasteiger partial charge in [0.25, 0.3) is 5.91 Å². The third kappa shape index (κ3) is 3.41. The van der Waals surface area contributed by atoms with Crippen LogP contribution in [-0.4, -0.2) is 51.9 Å². The fraction of sp³-hybridized carbons (Fsp3) is 0.318. The Bertz CT molecular complexity index is 1070. The Hall–Kier alpha value is -3.43. The normalized spacial score (nSPS) is 18.1. The van der Waals surface area contributed by atoms with Crippen molar-refractivity contribution in [2.75, 3.05) is 13.6 Å². The lowest BCUT2D eigenvalue weighted by Gasteiger charge is -2.40. The third-order valence-corrected chi connectivity index (χ3v) is 5.86. The van der Waals surface area contributed by atoms with Gasteiger partial charge in [-0.05, 0) is 60.2 Å². The summed E-state index contributed by atoms with van der Waals surface area (Å²) in [4.78, 5) is 24.5. The van der Waals surface area contributed by atoms with Crippen LogP contribution in [0.25, 0.3) is 0 Å². The van der Waals surface area contributed by atoms with Crippen molar-refractivity contribution < 1.29 is 9.59 Å². The van der Waals surface area contributed by atoms with Crippen LogP contribution in [0.2, 0.25) is 0 Å². The number of hydrogen-bond acceptors (Lipinski definition) is 7. The number of rotatable bonds is 6. The lowest BCUT2D eigenvalue weighted by molar-refractivity contribution is 0.0961. The number of nitrogens with two attached hydrogens (primary N) is 2. The first-order chi connectivity index (χ1) is 14.9. The predicted octanol–water partition coefficient (Wildman–Crippen LogP) is 0.677. The zero-order valence-corrected chi connectivity index (χ0v) is 17.5. The van der Waals surface area contributed by atoms with Crippen LogP contribution < -0.4 is 16.8 Å². The summed E-state index contributed by atoms with van der Waals surface area (Å²) in [6.07, 6.45) is 1.08. The first-order valence-electron chi connectivity index (χ1n) is 10.1. The topological polar surface area (TPSA) is 153 Å². The molecule has 1 aliphatic carbocycles. The summed E-state index contributed by atoms with van der Waals surface area (Å²) < 4.78 is 0. The number of benzene rings is 2. The molecule has 0 saturated heterocycles. The van der Waals surface area contributed by atoms with Crippen LogP contribution >= 0.6 is 0 Å². The maximum absolute atomic E-state index is 12.3. The molecular weight excluding hydrogens is 394 g/mol. The summed E-state index contributed by atoms with van der Waals surface area (Å²) in [5.41, 5.74) is 16.1. The van der Waals surface area contributed by atoms with E-state index in [1.165, 1.54) is 0 Å². The highest BCUT2D eigenvalue weighted by molar-refractivity contribution is 5.98. The van der Waals surface area contributed by atoms with Crippen molar-refractivity contribution in [2.45, 2.75) is 31.2 Å². The van der Waals surface area contributed by atoms with Gasteiger partial charge in [0.1, 0.15) is 0 Å². The van der Waals surface area contributed by atoms with E-state index in [2.05, 4.69) is 25.9 Å². The van der Waals surface area contributed by atoms with Gasteiger partial charge in [-0.25, -0.2) is 0 Å². The van der Waals surface area contributed by atoms with Gasteiger partial charge in [0, 0.05) is 24.2 Å². The largest absolute Gasteiger partial charge is 0.355 e. The summed E-state index contributed by atoms with van der Waals surface area (Å²) in [6, 6.07) is 11.0. The second-order valence-electron chi connectivity index (χ2n) is 7.95. The highest BCUT2D eigenvalue weighted by atomic mass is 16.1. The van der Waals surface area contributed by atoms with Crippen LogP contribution in [0.15, 0.2) is 36.4 Å². The molecule has 9 nitrogen and oxygen atoms in total. The fourth-order valence-electron chi connectivity index (χ4n) is 4.62. The Labute approximate surface area is 179 Å². The fourth-order valence-corrected chi connectivity index (χ4v) is 4.62. The van der Waals surface area contributed by atoms with Gasteiger partial charge in [0.2, 0.25) is 0 Å². The number of aromatic amines is 1. The number of tetrazole rings is 1. The average Bonchev–Trinajstić information content (AvgIpc) is 3.32. The molecule has 0 bridgehead atoms. The van der Waals surface area contributed by atoms with Crippen LogP contribution in [0, 0.1) is 0 Å². The second kappa shape index (κ2) is 8.01. The van der Waals surface area contributed by atoms with Gasteiger partial charge >= 0.3 is 0 Å². The van der Waals surface area contributed by atoms with Crippen molar-refractivity contribution in [1.29, 1.82) is 0 Å². The molecule has 1 amide bonds. The van der Waals surface area contributed by atoms with E-state index in [4.69, 9.17) is 11.5 Å². The van der Waals surface area contributed by atoms with Crippen LogP contribution in [0.4, 0.5) is 0 Å². The van der Waals surface area contributed by atoms with Crippen molar-refractivity contribution in [3.8, 4) is 0 Å². The van der Waals surface area contributed by atoms with E-state index >= 15 is 0 Å². The van der Waals surface area contributed by atoms with Gasteiger partial charge in [0.05, 0.1) is 12.0 Å². The Kier molecular flexibility index (Phi) is 5.38. The van der Waals surface area contributed by atoms with E-state index in [-0.39, 0.29) is 24.3 Å². The highest BCUT2D eigenvalue weighted by Crippen LogP contribution is 2.48. The maximum Gasteiger partial charge on any atom is 0.251 e.